The van der Waals surface area contributed by atoms with Gasteiger partial charge in [0, 0.05) is 18.1 Å². The Morgan fingerprint density at radius 3 is 2.70 bits per heavy atom. The quantitative estimate of drug-likeness (QED) is 0.420. The highest BCUT2D eigenvalue weighted by atomic mass is 16.6. The topological polar surface area (TPSA) is 117 Å². The molecule has 0 radical (unpaired) electrons. The summed E-state index contributed by atoms with van der Waals surface area (Å²) in [6.45, 7) is 4.88. The fourth-order valence-corrected chi connectivity index (χ4v) is 3.10. The number of anilines is 1. The molecule has 1 aliphatic rings. The van der Waals surface area contributed by atoms with Crippen molar-refractivity contribution in [1.82, 2.24) is 0 Å². The van der Waals surface area contributed by atoms with Crippen LogP contribution in [0.1, 0.15) is 26.3 Å². The maximum atomic E-state index is 12.3. The average Bonchev–Trinajstić information content (AvgIpc) is 3.00. The van der Waals surface area contributed by atoms with Gasteiger partial charge in [0.1, 0.15) is 11.3 Å². The molecule has 0 bridgehead atoms. The van der Waals surface area contributed by atoms with Crippen molar-refractivity contribution in [3.05, 3.63) is 58.1 Å². The van der Waals surface area contributed by atoms with Crippen molar-refractivity contribution in [2.75, 3.05) is 11.9 Å². The van der Waals surface area contributed by atoms with E-state index in [0.29, 0.717) is 11.5 Å². The molecule has 0 saturated carbocycles. The molecule has 0 aromatic heterocycles. The van der Waals surface area contributed by atoms with Crippen molar-refractivity contribution in [2.24, 2.45) is 0 Å². The van der Waals surface area contributed by atoms with E-state index >= 15 is 0 Å². The van der Waals surface area contributed by atoms with Gasteiger partial charge in [0.15, 0.2) is 24.2 Å². The molecule has 2 aromatic rings. The largest absolute Gasteiger partial charge is 0.483 e. The Kier molecular flexibility index (Phi) is 5.91. The van der Waals surface area contributed by atoms with Crippen LogP contribution in [0.4, 0.5) is 11.4 Å². The van der Waals surface area contributed by atoms with Crippen LogP contribution in [0.15, 0.2) is 42.5 Å². The smallest absolute Gasteiger partial charge is 0.344 e. The van der Waals surface area contributed by atoms with Gasteiger partial charge in [0.25, 0.3) is 11.6 Å². The van der Waals surface area contributed by atoms with Crippen LogP contribution in [0.2, 0.25) is 0 Å². The number of amides is 1. The number of benzene rings is 2. The second-order valence-electron chi connectivity index (χ2n) is 7.47. The summed E-state index contributed by atoms with van der Waals surface area (Å²) in [6.07, 6.45) is -0.440. The third-order valence-corrected chi connectivity index (χ3v) is 4.44. The van der Waals surface area contributed by atoms with Crippen LogP contribution in [-0.4, -0.2) is 35.1 Å². The predicted molar refractivity (Wildman–Crippen MR) is 108 cm³/mol. The molecule has 1 heterocycles. The third kappa shape index (κ3) is 4.86. The zero-order chi connectivity index (χ0) is 21.9. The number of nitro benzene ring substituents is 1. The van der Waals surface area contributed by atoms with Gasteiger partial charge >= 0.3 is 5.97 Å². The van der Waals surface area contributed by atoms with E-state index in [-0.39, 0.29) is 17.0 Å². The van der Waals surface area contributed by atoms with Crippen LogP contribution < -0.4 is 14.8 Å². The lowest BCUT2D eigenvalue weighted by Gasteiger charge is -2.18. The lowest BCUT2D eigenvalue weighted by atomic mass is 10.0. The molecule has 1 N–H and O–H groups in total. The van der Waals surface area contributed by atoms with E-state index in [0.717, 1.165) is 12.0 Å². The molecule has 0 aliphatic carbocycles. The van der Waals surface area contributed by atoms with Crippen molar-refractivity contribution in [2.45, 2.75) is 38.9 Å². The van der Waals surface area contributed by atoms with Crippen molar-refractivity contribution in [1.29, 1.82) is 0 Å². The Hall–Kier alpha value is -3.62. The molecule has 1 amide bonds. The molecule has 0 saturated heterocycles. The summed E-state index contributed by atoms with van der Waals surface area (Å²) in [5.74, 6) is -0.428. The molecule has 1 unspecified atom stereocenters. The highest BCUT2D eigenvalue weighted by molar-refractivity contribution is 5.96. The molecule has 9 heteroatoms. The maximum Gasteiger partial charge on any atom is 0.344 e. The van der Waals surface area contributed by atoms with Gasteiger partial charge in [0.05, 0.1) is 4.92 Å². The van der Waals surface area contributed by atoms with Gasteiger partial charge in [-0.2, -0.15) is 0 Å². The Balaban J connectivity index is 1.55. The van der Waals surface area contributed by atoms with E-state index in [2.05, 4.69) is 5.32 Å². The summed E-state index contributed by atoms with van der Waals surface area (Å²) >= 11 is 0. The van der Waals surface area contributed by atoms with Crippen LogP contribution >= 0.6 is 0 Å². The van der Waals surface area contributed by atoms with Crippen LogP contribution in [0.3, 0.4) is 0 Å². The Morgan fingerprint density at radius 2 is 1.97 bits per heavy atom. The first-order chi connectivity index (χ1) is 14.2. The first kappa shape index (κ1) is 21.1. The van der Waals surface area contributed by atoms with Crippen molar-refractivity contribution in [3.63, 3.8) is 0 Å². The summed E-state index contributed by atoms with van der Waals surface area (Å²) < 4.78 is 16.5. The number of nitrogens with one attached hydrogen (secondary N) is 1. The van der Waals surface area contributed by atoms with Gasteiger partial charge in [-0.1, -0.05) is 24.3 Å². The summed E-state index contributed by atoms with van der Waals surface area (Å²) in [7, 11) is 0. The van der Waals surface area contributed by atoms with Gasteiger partial charge < -0.3 is 19.5 Å². The Bertz CT molecular complexity index is 987. The van der Waals surface area contributed by atoms with E-state index in [9.17, 15) is 19.7 Å². The number of hydrogen-bond acceptors (Lipinski definition) is 7. The van der Waals surface area contributed by atoms with E-state index in [1.165, 1.54) is 25.1 Å². The third-order valence-electron chi connectivity index (χ3n) is 4.44. The molecule has 9 nitrogen and oxygen atoms in total. The molecular formula is C21H22N2O7. The first-order valence-electron chi connectivity index (χ1n) is 9.34. The van der Waals surface area contributed by atoms with Crippen LogP contribution in [0.25, 0.3) is 0 Å². The van der Waals surface area contributed by atoms with Gasteiger partial charge in [-0.15, -0.1) is 0 Å². The molecule has 30 heavy (non-hydrogen) atoms. The number of carbonyl (C=O) groups is 2. The van der Waals surface area contributed by atoms with Crippen molar-refractivity contribution < 1.29 is 28.7 Å². The Morgan fingerprint density at radius 1 is 1.23 bits per heavy atom. The molecule has 3 rings (SSSR count). The van der Waals surface area contributed by atoms with Gasteiger partial charge in [-0.05, 0) is 32.9 Å². The zero-order valence-electron chi connectivity index (χ0n) is 16.8. The van der Waals surface area contributed by atoms with Gasteiger partial charge in [0.2, 0.25) is 0 Å². The summed E-state index contributed by atoms with van der Waals surface area (Å²) in [5.41, 5.74) is 0.400. The Labute approximate surface area is 173 Å². The molecule has 0 spiro atoms. The standard InChI is InChI=1S/C21H22N2O7/c1-13(20(25)22-15-8-4-5-9-16(15)23(26)27)29-18(24)12-28-17-10-6-7-14-11-21(2,3)30-19(14)17/h4-10,13H,11-12H2,1-3H3,(H,22,25). The summed E-state index contributed by atoms with van der Waals surface area (Å²) in [6, 6.07) is 11.1. The molecule has 2 aromatic carbocycles. The number of hydrogen-bond donors (Lipinski definition) is 1. The fourth-order valence-electron chi connectivity index (χ4n) is 3.10. The molecule has 1 atom stereocenters. The number of fused-ring (bicyclic) bond motifs is 1. The minimum Gasteiger partial charge on any atom is -0.483 e. The van der Waals surface area contributed by atoms with Crippen molar-refractivity contribution in [3.8, 4) is 11.5 Å². The first-order valence-corrected chi connectivity index (χ1v) is 9.34. The average molecular weight is 414 g/mol. The monoisotopic (exact) mass is 414 g/mol. The normalized spacial score (nSPS) is 14.8. The lowest BCUT2D eigenvalue weighted by molar-refractivity contribution is -0.383. The van der Waals surface area contributed by atoms with Gasteiger partial charge in [-0.3, -0.25) is 14.9 Å². The predicted octanol–water partition coefficient (Wildman–Crippen LogP) is 3.26. The lowest BCUT2D eigenvalue weighted by Crippen LogP contribution is -2.31. The van der Waals surface area contributed by atoms with E-state index in [1.807, 2.05) is 26.0 Å². The second kappa shape index (κ2) is 8.40. The van der Waals surface area contributed by atoms with E-state index in [1.54, 1.807) is 12.1 Å². The van der Waals surface area contributed by atoms with E-state index in [4.69, 9.17) is 14.2 Å². The van der Waals surface area contributed by atoms with Crippen LogP contribution in [-0.2, 0) is 20.7 Å². The zero-order valence-corrected chi connectivity index (χ0v) is 16.8. The van der Waals surface area contributed by atoms with E-state index < -0.39 is 29.5 Å². The number of ether oxygens (including phenoxy) is 3. The minimum absolute atomic E-state index is 0.0197. The number of para-hydroxylation sites is 3. The second-order valence-corrected chi connectivity index (χ2v) is 7.47. The van der Waals surface area contributed by atoms with Crippen molar-refractivity contribution >= 4 is 23.3 Å². The fraction of sp³-hybridized carbons (Fsp3) is 0.333. The maximum absolute atomic E-state index is 12.3. The summed E-state index contributed by atoms with van der Waals surface area (Å²) in [4.78, 5) is 34.8. The highest BCUT2D eigenvalue weighted by Gasteiger charge is 2.32. The molecule has 158 valence electrons. The summed E-state index contributed by atoms with van der Waals surface area (Å²) in [5, 5.41) is 13.4. The highest BCUT2D eigenvalue weighted by Crippen LogP contribution is 2.41. The minimum atomic E-state index is -1.17. The molecular weight excluding hydrogens is 392 g/mol. The number of carbonyl (C=O) groups excluding carboxylic acids is 2. The van der Waals surface area contributed by atoms with Gasteiger partial charge in [-0.25, -0.2) is 4.79 Å². The molecule has 0 fully saturated rings. The van der Waals surface area contributed by atoms with Crippen LogP contribution in [0, 0.1) is 10.1 Å². The number of nitrogens with zero attached hydrogens (tertiary/aromatic N) is 1. The number of nitro groups is 1. The SMILES string of the molecule is CC(OC(=O)COc1cccc2c1OC(C)(C)C2)C(=O)Nc1ccccc1[N+](=O)[O-]. The van der Waals surface area contributed by atoms with Crippen LogP contribution in [0.5, 0.6) is 11.5 Å². The number of rotatable bonds is 7. The molecule has 1 aliphatic heterocycles. The number of esters is 1.